The minimum atomic E-state index is 0.166. The molecule has 0 radical (unpaired) electrons. The van der Waals surface area contributed by atoms with E-state index >= 15 is 0 Å². The average Bonchev–Trinajstić information content (AvgIpc) is 0.810. The zero-order valence-electron chi connectivity index (χ0n) is 53.8. The minimum Gasteiger partial charge on any atom is -0.486 e. The van der Waals surface area contributed by atoms with Crippen molar-refractivity contribution in [2.45, 2.75) is 118 Å². The van der Waals surface area contributed by atoms with Crippen LogP contribution in [0.25, 0.3) is 44.5 Å². The van der Waals surface area contributed by atoms with Crippen molar-refractivity contribution in [3.05, 3.63) is 214 Å². The maximum absolute atomic E-state index is 7.16. The summed E-state index contributed by atoms with van der Waals surface area (Å²) < 4.78 is 42.6. The highest BCUT2D eigenvalue weighted by Gasteiger charge is 2.25. The van der Waals surface area contributed by atoms with Crippen molar-refractivity contribution in [3.63, 3.8) is 0 Å². The lowest BCUT2D eigenvalue weighted by Gasteiger charge is -2.24. The Morgan fingerprint density at radius 1 is 0.304 bits per heavy atom. The summed E-state index contributed by atoms with van der Waals surface area (Å²) in [5.41, 5.74) is 15.4. The largest absolute Gasteiger partial charge is 0.486 e. The van der Waals surface area contributed by atoms with E-state index in [1.807, 2.05) is 24.3 Å². The van der Waals surface area contributed by atoms with Crippen molar-refractivity contribution >= 4 is 68.8 Å². The Morgan fingerprint density at radius 2 is 0.511 bits per heavy atom. The first-order valence-electron chi connectivity index (χ1n) is 32.7. The van der Waals surface area contributed by atoms with Crippen LogP contribution in [-0.4, -0.2) is 72.6 Å². The summed E-state index contributed by atoms with van der Waals surface area (Å²) in [5.74, 6) is 2.73. The Morgan fingerprint density at radius 3 is 0.717 bits per heavy atom. The summed E-state index contributed by atoms with van der Waals surface area (Å²) in [7, 11) is 0. The Hall–Kier alpha value is -7.56. The Labute approximate surface area is 567 Å². The van der Waals surface area contributed by atoms with E-state index in [9.17, 15) is 0 Å². The molecule has 0 saturated heterocycles. The van der Waals surface area contributed by atoms with Gasteiger partial charge in [0.15, 0.2) is 0 Å². The van der Waals surface area contributed by atoms with E-state index in [1.54, 1.807) is 0 Å². The average molecular weight is 1310 g/mol. The highest BCUT2D eigenvalue weighted by Crippen LogP contribution is 2.42. The highest BCUT2D eigenvalue weighted by molar-refractivity contribution is 7.81. The Balaban J connectivity index is 1.29. The molecule has 8 aromatic carbocycles. The second kappa shape index (κ2) is 36.6. The molecule has 1 heterocycles. The summed E-state index contributed by atoms with van der Waals surface area (Å²) >= 11 is 24.0. The first-order chi connectivity index (χ1) is 45.1. The van der Waals surface area contributed by atoms with E-state index in [0.29, 0.717) is 55.8 Å². The van der Waals surface area contributed by atoms with Crippen LogP contribution in [0, 0.1) is 0 Å². The molecule has 480 valence electrons. The van der Waals surface area contributed by atoms with Crippen molar-refractivity contribution < 1.29 is 28.4 Å². The second-order valence-electron chi connectivity index (χ2n) is 23.3. The van der Waals surface area contributed by atoms with Crippen LogP contribution >= 0.6 is 48.9 Å². The molecule has 14 heteroatoms. The molecule has 8 bridgehead atoms. The first kappa shape index (κ1) is 68.8. The van der Waals surface area contributed by atoms with E-state index < -0.39 is 0 Å². The van der Waals surface area contributed by atoms with E-state index in [1.165, 1.54) is 0 Å². The number of fused-ring (bicyclic) bond motifs is 8. The molecule has 0 amide bonds. The van der Waals surface area contributed by atoms with Crippen LogP contribution in [0.15, 0.2) is 170 Å². The van der Waals surface area contributed by atoms with Crippen molar-refractivity contribution in [1.29, 1.82) is 0 Å². The number of thiocarbonyl (C=S) groups is 4. The van der Waals surface area contributed by atoms with E-state index in [0.717, 1.165) is 167 Å². The fourth-order valence-corrected chi connectivity index (χ4v) is 11.9. The van der Waals surface area contributed by atoms with Crippen molar-refractivity contribution in [2.24, 2.45) is 0 Å². The standard InChI is InChI=1S/C78H88N4O6S4/c1-5-9-33-79-71(89)51-85-75-63-37-59(55-25-17-13-18-26-55)41-67(75)47-83-48-68-43-61(57-29-21-15-22-30-57)39-65(77(68)87-53-73(91)81-35-11-7-3)46-66-40-62(58-31-23-16-24-32-58)44-70(78(66)88-54-74(92)82-36-12-8-4)50-84-49-69-42-60(56-27-19-14-20-28-56)38-64(45-63)76(69)86-52-72(90)80-34-10-6-2/h13-32,37-44H,5-12,33-36,45-54H2,1-4H3,(H,79,89)(H,80,90)(H,81,91)(H,82,92). The number of benzene rings is 8. The fraction of sp³-hybridized carbons (Fsp3) is 0.333. The zero-order chi connectivity index (χ0) is 64.3. The number of nitrogens with one attached hydrogen (secondary N) is 4. The smallest absolute Gasteiger partial charge is 0.138 e. The number of hydrogen-bond acceptors (Lipinski definition) is 10. The van der Waals surface area contributed by atoms with Crippen LogP contribution in [0.2, 0.25) is 0 Å². The van der Waals surface area contributed by atoms with E-state index in [-0.39, 0.29) is 52.9 Å². The lowest BCUT2D eigenvalue weighted by atomic mass is 9.91. The molecule has 0 saturated carbocycles. The Kier molecular flexibility index (Phi) is 27.4. The van der Waals surface area contributed by atoms with Gasteiger partial charge in [0.2, 0.25) is 0 Å². The predicted octanol–water partition coefficient (Wildman–Crippen LogP) is 17.7. The van der Waals surface area contributed by atoms with Gasteiger partial charge in [-0.25, -0.2) is 0 Å². The van der Waals surface area contributed by atoms with Crippen LogP contribution in [0.3, 0.4) is 0 Å². The molecule has 0 fully saturated rings. The third-order valence-corrected chi connectivity index (χ3v) is 17.0. The Bertz CT molecular complexity index is 3220. The molecule has 1 aliphatic rings. The van der Waals surface area contributed by atoms with Crippen molar-refractivity contribution in [2.75, 3.05) is 52.6 Å². The topological polar surface area (TPSA) is 104 Å². The molecule has 0 aliphatic carbocycles. The third kappa shape index (κ3) is 20.2. The number of ether oxygens (including phenoxy) is 6. The summed E-state index contributed by atoms with van der Waals surface area (Å²) in [6, 6.07) is 59.6. The van der Waals surface area contributed by atoms with Gasteiger partial charge < -0.3 is 49.7 Å². The molecule has 10 nitrogen and oxygen atoms in total. The van der Waals surface area contributed by atoms with Gasteiger partial charge in [-0.3, -0.25) is 0 Å². The summed E-state index contributed by atoms with van der Waals surface area (Å²) in [4.78, 5) is 2.49. The van der Waals surface area contributed by atoms with Gasteiger partial charge >= 0.3 is 0 Å². The quantitative estimate of drug-likeness (QED) is 0.0276. The van der Waals surface area contributed by atoms with Gasteiger partial charge in [0, 0.05) is 61.3 Å². The minimum absolute atomic E-state index is 0.166. The van der Waals surface area contributed by atoms with Crippen molar-refractivity contribution in [1.82, 2.24) is 21.3 Å². The van der Waals surface area contributed by atoms with E-state index in [2.05, 4.69) is 195 Å². The highest BCUT2D eigenvalue weighted by atomic mass is 32.1. The zero-order valence-corrected chi connectivity index (χ0v) is 57.1. The molecule has 0 spiro atoms. The van der Waals surface area contributed by atoms with E-state index in [4.69, 9.17) is 77.3 Å². The molecule has 1 aliphatic heterocycles. The van der Waals surface area contributed by atoms with Gasteiger partial charge in [-0.2, -0.15) is 0 Å². The van der Waals surface area contributed by atoms with Crippen LogP contribution in [0.5, 0.6) is 23.0 Å². The predicted molar refractivity (Wildman–Crippen MR) is 394 cm³/mol. The van der Waals surface area contributed by atoms with Crippen LogP contribution < -0.4 is 40.2 Å². The molecular weight excluding hydrogens is 1220 g/mol. The van der Waals surface area contributed by atoms with Gasteiger partial charge in [-0.05, 0) is 141 Å². The maximum atomic E-state index is 7.16. The van der Waals surface area contributed by atoms with Gasteiger partial charge in [-0.15, -0.1) is 0 Å². The lowest BCUT2D eigenvalue weighted by Crippen LogP contribution is -2.28. The van der Waals surface area contributed by atoms with Gasteiger partial charge in [0.05, 0.1) is 26.4 Å². The molecule has 0 aromatic heterocycles. The summed E-state index contributed by atoms with van der Waals surface area (Å²) in [5, 5.41) is 13.8. The number of hydrogen-bond donors (Lipinski definition) is 4. The van der Waals surface area contributed by atoms with Crippen LogP contribution in [0.4, 0.5) is 0 Å². The molecule has 4 N–H and O–H groups in total. The third-order valence-electron chi connectivity index (χ3n) is 16.0. The monoisotopic (exact) mass is 1300 g/mol. The fourth-order valence-electron chi connectivity index (χ4n) is 11.2. The molecule has 8 aromatic rings. The van der Waals surface area contributed by atoms with Crippen molar-refractivity contribution in [3.8, 4) is 67.5 Å². The van der Waals surface area contributed by atoms with Gasteiger partial charge in [-0.1, -0.05) is 224 Å². The summed E-state index contributed by atoms with van der Waals surface area (Å²) in [6.45, 7) is 13.1. The SMILES string of the molecule is CCCCNC(=S)COc1c2cc(-c3ccccc3)cc1Cc1cc(-c3ccccc3)cc(c1OCC(=S)NCCCC)COCc1cc(-c3ccccc3)cc(c1OCC(=S)NCCCC)Cc1cc(-c3ccccc3)cc(c1OCC(=S)NCCCC)COC2. The lowest BCUT2D eigenvalue weighted by molar-refractivity contribution is 0.103. The molecular formula is C78H88N4O6S4. The number of rotatable bonds is 28. The molecule has 0 atom stereocenters. The van der Waals surface area contributed by atoms with Gasteiger partial charge in [0.25, 0.3) is 0 Å². The summed E-state index contributed by atoms with van der Waals surface area (Å²) in [6.07, 6.45) is 8.90. The molecule has 92 heavy (non-hydrogen) atoms. The van der Waals surface area contributed by atoms with Crippen LogP contribution in [-0.2, 0) is 48.7 Å². The molecule has 9 rings (SSSR count). The van der Waals surface area contributed by atoms with Gasteiger partial charge in [0.1, 0.15) is 69.4 Å². The normalized spacial score (nSPS) is 12.2. The number of unbranched alkanes of at least 4 members (excludes halogenated alkanes) is 4. The molecule has 0 unspecified atom stereocenters. The second-order valence-corrected chi connectivity index (χ2v) is 25.2. The maximum Gasteiger partial charge on any atom is 0.138 e. The first-order valence-corrected chi connectivity index (χ1v) is 34.3. The van der Waals surface area contributed by atoms with Crippen LogP contribution in [0.1, 0.15) is 124 Å².